The maximum Gasteiger partial charge on any atom is 0.0729 e. The quantitative estimate of drug-likeness (QED) is 0.652. The van der Waals surface area contributed by atoms with E-state index in [9.17, 15) is 0 Å². The van der Waals surface area contributed by atoms with Gasteiger partial charge in [-0.15, -0.1) is 0 Å². The normalized spacial score (nSPS) is 35.2. The van der Waals surface area contributed by atoms with Crippen molar-refractivity contribution in [1.82, 2.24) is 0 Å². The van der Waals surface area contributed by atoms with Crippen LogP contribution in [-0.2, 0) is 4.74 Å². The predicted molar refractivity (Wildman–Crippen MR) is 44.3 cm³/mol. The van der Waals surface area contributed by atoms with E-state index in [-0.39, 0.29) is 0 Å². The van der Waals surface area contributed by atoms with E-state index in [2.05, 4.69) is 0 Å². The summed E-state index contributed by atoms with van der Waals surface area (Å²) in [7, 11) is 0. The average Bonchev–Trinajstić information content (AvgIpc) is 2.32. The first-order chi connectivity index (χ1) is 5.38. The first-order valence-corrected chi connectivity index (χ1v) is 4.75. The molecule has 0 amide bonds. The molecule has 1 heterocycles. The summed E-state index contributed by atoms with van der Waals surface area (Å²) in [6.07, 6.45) is 6.84. The van der Waals surface area contributed by atoms with Gasteiger partial charge in [0.15, 0.2) is 0 Å². The Balaban J connectivity index is 1.82. The maximum absolute atomic E-state index is 6.06. The Morgan fingerprint density at radius 1 is 1.18 bits per heavy atom. The van der Waals surface area contributed by atoms with Gasteiger partial charge in [0, 0.05) is 12.6 Å². The second-order valence-electron chi connectivity index (χ2n) is 3.82. The number of hydrogen-bond donors (Lipinski definition) is 1. The van der Waals surface area contributed by atoms with Crippen molar-refractivity contribution in [3.05, 3.63) is 0 Å². The Morgan fingerprint density at radius 2 is 2.00 bits per heavy atom. The maximum atomic E-state index is 6.06. The molecule has 2 aliphatic rings. The van der Waals surface area contributed by atoms with Gasteiger partial charge in [0.1, 0.15) is 0 Å². The van der Waals surface area contributed by atoms with E-state index >= 15 is 0 Å². The Hall–Kier alpha value is -0.0800. The Morgan fingerprint density at radius 3 is 2.45 bits per heavy atom. The van der Waals surface area contributed by atoms with Crippen molar-refractivity contribution in [2.75, 3.05) is 6.61 Å². The molecule has 0 radical (unpaired) electrons. The number of rotatable bonds is 2. The van der Waals surface area contributed by atoms with Crippen molar-refractivity contribution in [3.8, 4) is 0 Å². The van der Waals surface area contributed by atoms with Crippen LogP contribution in [0.25, 0.3) is 0 Å². The van der Waals surface area contributed by atoms with E-state index in [1.54, 1.807) is 0 Å². The van der Waals surface area contributed by atoms with Crippen molar-refractivity contribution in [3.63, 3.8) is 0 Å². The fraction of sp³-hybridized carbons (Fsp3) is 1.00. The van der Waals surface area contributed by atoms with Crippen LogP contribution < -0.4 is 5.73 Å². The van der Waals surface area contributed by atoms with Crippen LogP contribution in [-0.4, -0.2) is 18.8 Å². The molecule has 0 spiro atoms. The highest BCUT2D eigenvalue weighted by molar-refractivity contribution is 4.87. The van der Waals surface area contributed by atoms with Gasteiger partial charge in [0.25, 0.3) is 0 Å². The highest BCUT2D eigenvalue weighted by Gasteiger charge is 2.32. The minimum atomic E-state index is 0.339. The van der Waals surface area contributed by atoms with E-state index in [4.69, 9.17) is 10.5 Å². The number of ether oxygens (including phenoxy) is 1. The minimum Gasteiger partial charge on any atom is -0.377 e. The molecule has 11 heavy (non-hydrogen) atoms. The van der Waals surface area contributed by atoms with E-state index in [0.29, 0.717) is 12.1 Å². The topological polar surface area (TPSA) is 35.2 Å². The van der Waals surface area contributed by atoms with E-state index in [0.717, 1.165) is 12.5 Å². The largest absolute Gasteiger partial charge is 0.377 e. The minimum absolute atomic E-state index is 0.339. The van der Waals surface area contributed by atoms with Crippen molar-refractivity contribution < 1.29 is 4.74 Å². The summed E-state index contributed by atoms with van der Waals surface area (Å²) in [6, 6.07) is 0.339. The van der Waals surface area contributed by atoms with Gasteiger partial charge in [-0.05, 0) is 31.6 Å². The summed E-state index contributed by atoms with van der Waals surface area (Å²) >= 11 is 0. The third-order valence-electron chi connectivity index (χ3n) is 3.09. The van der Waals surface area contributed by atoms with E-state index in [1.165, 1.54) is 32.1 Å². The lowest BCUT2D eigenvalue weighted by molar-refractivity contribution is 0.0553. The molecule has 1 aliphatic heterocycles. The third-order valence-corrected chi connectivity index (χ3v) is 3.09. The molecule has 2 N–H and O–H groups in total. The molecule has 1 saturated carbocycles. The van der Waals surface area contributed by atoms with Gasteiger partial charge in [-0.3, -0.25) is 0 Å². The Bertz CT molecular complexity index is 128. The summed E-state index contributed by atoms with van der Waals surface area (Å²) in [5.74, 6) is 0.776. The molecule has 64 valence electrons. The molecule has 2 nitrogen and oxygen atoms in total. The van der Waals surface area contributed by atoms with Gasteiger partial charge >= 0.3 is 0 Å². The zero-order valence-electron chi connectivity index (χ0n) is 6.96. The van der Waals surface area contributed by atoms with Crippen molar-refractivity contribution in [2.45, 2.75) is 44.2 Å². The van der Waals surface area contributed by atoms with Crippen molar-refractivity contribution >= 4 is 0 Å². The standard InChI is InChI=1S/C9H17NO/c10-9(7-3-1-4-7)8-5-2-6-11-8/h7-9H,1-6,10H2/t8-,9+/m1/s1. The summed E-state index contributed by atoms with van der Waals surface area (Å²) < 4.78 is 5.55. The first-order valence-electron chi connectivity index (χ1n) is 4.75. The Labute approximate surface area is 68.1 Å². The van der Waals surface area contributed by atoms with Crippen LogP contribution in [0.15, 0.2) is 0 Å². The Kier molecular flexibility index (Phi) is 2.14. The summed E-state index contributed by atoms with van der Waals surface area (Å²) in [4.78, 5) is 0. The van der Waals surface area contributed by atoms with Crippen LogP contribution in [0.4, 0.5) is 0 Å². The van der Waals surface area contributed by atoms with E-state index < -0.39 is 0 Å². The summed E-state index contributed by atoms with van der Waals surface area (Å²) in [5.41, 5.74) is 6.06. The molecule has 0 unspecified atom stereocenters. The number of nitrogens with two attached hydrogens (primary N) is 1. The van der Waals surface area contributed by atoms with E-state index in [1.807, 2.05) is 0 Å². The second-order valence-corrected chi connectivity index (χ2v) is 3.82. The van der Waals surface area contributed by atoms with Crippen LogP contribution >= 0.6 is 0 Å². The molecule has 0 aromatic carbocycles. The van der Waals surface area contributed by atoms with Gasteiger partial charge < -0.3 is 10.5 Å². The van der Waals surface area contributed by atoms with Crippen LogP contribution in [0.2, 0.25) is 0 Å². The fourth-order valence-corrected chi connectivity index (χ4v) is 2.03. The number of hydrogen-bond acceptors (Lipinski definition) is 2. The van der Waals surface area contributed by atoms with Gasteiger partial charge in [-0.1, -0.05) is 6.42 Å². The molecule has 2 fully saturated rings. The zero-order valence-corrected chi connectivity index (χ0v) is 6.96. The molecule has 1 saturated heterocycles. The lowest BCUT2D eigenvalue weighted by Gasteiger charge is -2.34. The second kappa shape index (κ2) is 3.11. The molecule has 0 aromatic heterocycles. The molecule has 2 heteroatoms. The van der Waals surface area contributed by atoms with Crippen LogP contribution in [0.3, 0.4) is 0 Å². The van der Waals surface area contributed by atoms with Crippen LogP contribution in [0, 0.1) is 5.92 Å². The molecular weight excluding hydrogens is 138 g/mol. The SMILES string of the molecule is N[C@@H](C1CCC1)[C@H]1CCCO1. The molecular formula is C9H17NO. The molecule has 2 atom stereocenters. The molecule has 2 rings (SSSR count). The predicted octanol–water partition coefficient (Wildman–Crippen LogP) is 1.29. The zero-order chi connectivity index (χ0) is 7.68. The average molecular weight is 155 g/mol. The van der Waals surface area contributed by atoms with Gasteiger partial charge in [0.2, 0.25) is 0 Å². The van der Waals surface area contributed by atoms with Crippen molar-refractivity contribution in [2.24, 2.45) is 11.7 Å². The first kappa shape index (κ1) is 7.56. The van der Waals surface area contributed by atoms with Crippen LogP contribution in [0.5, 0.6) is 0 Å². The summed E-state index contributed by atoms with van der Waals surface area (Å²) in [5, 5.41) is 0. The molecule has 0 aromatic rings. The van der Waals surface area contributed by atoms with Crippen LogP contribution in [0.1, 0.15) is 32.1 Å². The highest BCUT2D eigenvalue weighted by Crippen LogP contribution is 2.32. The lowest BCUT2D eigenvalue weighted by Crippen LogP contribution is -2.43. The van der Waals surface area contributed by atoms with Gasteiger partial charge in [-0.2, -0.15) is 0 Å². The van der Waals surface area contributed by atoms with Gasteiger partial charge in [-0.25, -0.2) is 0 Å². The third kappa shape index (κ3) is 1.42. The molecule has 1 aliphatic carbocycles. The molecule has 0 bridgehead atoms. The summed E-state index contributed by atoms with van der Waals surface area (Å²) in [6.45, 7) is 0.936. The monoisotopic (exact) mass is 155 g/mol. The smallest absolute Gasteiger partial charge is 0.0729 e. The highest BCUT2D eigenvalue weighted by atomic mass is 16.5. The van der Waals surface area contributed by atoms with Crippen molar-refractivity contribution in [1.29, 1.82) is 0 Å². The lowest BCUT2D eigenvalue weighted by atomic mass is 9.78. The van der Waals surface area contributed by atoms with Gasteiger partial charge in [0.05, 0.1) is 6.10 Å². The fourth-order valence-electron chi connectivity index (χ4n) is 2.03.